The number of benzene rings is 1. The van der Waals surface area contributed by atoms with Crippen LogP contribution in [-0.2, 0) is 16.1 Å². The van der Waals surface area contributed by atoms with Gasteiger partial charge in [-0.05, 0) is 56.2 Å². The molecule has 1 aliphatic carbocycles. The van der Waals surface area contributed by atoms with Crippen LogP contribution in [0.2, 0.25) is 0 Å². The largest absolute Gasteiger partial charge is 0.375 e. The summed E-state index contributed by atoms with van der Waals surface area (Å²) in [5, 5.41) is 12.2. The third kappa shape index (κ3) is 4.08. The number of amides is 1. The zero-order valence-corrected chi connectivity index (χ0v) is 15.2. The molecule has 4 rings (SSSR count). The van der Waals surface area contributed by atoms with Crippen LogP contribution in [0.4, 0.5) is 0 Å². The van der Waals surface area contributed by atoms with Gasteiger partial charge in [-0.3, -0.25) is 9.69 Å². The number of hydrogen-bond donors (Lipinski definition) is 1. The number of rotatable bonds is 4. The van der Waals surface area contributed by atoms with E-state index in [4.69, 9.17) is 10.00 Å². The molecule has 0 radical (unpaired) electrons. The molecule has 3 aliphatic rings. The van der Waals surface area contributed by atoms with Crippen LogP contribution in [0.1, 0.15) is 49.7 Å². The molecule has 1 unspecified atom stereocenters. The van der Waals surface area contributed by atoms with Crippen LogP contribution < -0.4 is 5.32 Å². The quantitative estimate of drug-likeness (QED) is 0.904. The lowest BCUT2D eigenvalue weighted by atomic mass is 9.82. The van der Waals surface area contributed by atoms with Gasteiger partial charge in [-0.1, -0.05) is 12.1 Å². The van der Waals surface area contributed by atoms with E-state index in [9.17, 15) is 4.79 Å². The van der Waals surface area contributed by atoms with E-state index in [-0.39, 0.29) is 23.5 Å². The summed E-state index contributed by atoms with van der Waals surface area (Å²) >= 11 is 0. The maximum absolute atomic E-state index is 12.1. The van der Waals surface area contributed by atoms with Crippen LogP contribution in [0.15, 0.2) is 24.3 Å². The number of likely N-dealkylation sites (tertiary alicyclic amines) is 1. The van der Waals surface area contributed by atoms with Gasteiger partial charge in [-0.25, -0.2) is 0 Å². The molecule has 1 saturated carbocycles. The molecular weight excluding hydrogens is 326 g/mol. The van der Waals surface area contributed by atoms with Crippen molar-refractivity contribution in [2.75, 3.05) is 19.7 Å². The first-order valence-electron chi connectivity index (χ1n) is 9.82. The molecule has 5 heteroatoms. The molecule has 1 amide bonds. The predicted octanol–water partition coefficient (Wildman–Crippen LogP) is 2.60. The van der Waals surface area contributed by atoms with Crippen molar-refractivity contribution in [3.05, 3.63) is 35.4 Å². The van der Waals surface area contributed by atoms with Crippen LogP contribution >= 0.6 is 0 Å². The second-order valence-corrected chi connectivity index (χ2v) is 8.09. The van der Waals surface area contributed by atoms with E-state index in [2.05, 4.69) is 16.3 Å². The van der Waals surface area contributed by atoms with Crippen molar-refractivity contribution in [2.45, 2.75) is 56.7 Å². The minimum Gasteiger partial charge on any atom is -0.375 e. The molecule has 2 aliphatic heterocycles. The molecule has 2 saturated heterocycles. The van der Waals surface area contributed by atoms with Crippen molar-refractivity contribution in [2.24, 2.45) is 5.92 Å². The number of nitrogens with zero attached hydrogens (tertiary/aromatic N) is 2. The van der Waals surface area contributed by atoms with Gasteiger partial charge in [0.2, 0.25) is 5.91 Å². The van der Waals surface area contributed by atoms with Crippen LogP contribution in [0.5, 0.6) is 0 Å². The number of hydrogen-bond acceptors (Lipinski definition) is 4. The standard InChI is InChI=1S/C21H27N3O2/c22-14-16-1-3-17(4-2-16)15-24-10-8-21(9-11-24)13-19(7-12-26-21)23-20(25)18-5-6-18/h1-4,18-19H,5-13,15H2,(H,23,25). The van der Waals surface area contributed by atoms with Gasteiger partial charge in [-0.15, -0.1) is 0 Å². The highest BCUT2D eigenvalue weighted by Gasteiger charge is 2.41. The van der Waals surface area contributed by atoms with Gasteiger partial charge in [0.25, 0.3) is 0 Å². The molecule has 3 fully saturated rings. The number of nitriles is 1. The minimum atomic E-state index is -0.0546. The second-order valence-electron chi connectivity index (χ2n) is 8.09. The lowest BCUT2D eigenvalue weighted by Gasteiger charge is -2.46. The fraction of sp³-hybridized carbons (Fsp3) is 0.619. The van der Waals surface area contributed by atoms with E-state index >= 15 is 0 Å². The molecule has 26 heavy (non-hydrogen) atoms. The van der Waals surface area contributed by atoms with Gasteiger partial charge in [0, 0.05) is 38.2 Å². The van der Waals surface area contributed by atoms with Crippen LogP contribution in [-0.4, -0.2) is 42.1 Å². The van der Waals surface area contributed by atoms with Gasteiger partial charge in [0.15, 0.2) is 0 Å². The molecule has 138 valence electrons. The van der Waals surface area contributed by atoms with Crippen molar-refractivity contribution in [1.29, 1.82) is 5.26 Å². The fourth-order valence-corrected chi connectivity index (χ4v) is 4.23. The van der Waals surface area contributed by atoms with Gasteiger partial charge in [-0.2, -0.15) is 5.26 Å². The summed E-state index contributed by atoms with van der Waals surface area (Å²) < 4.78 is 6.21. The summed E-state index contributed by atoms with van der Waals surface area (Å²) in [6, 6.07) is 10.3. The SMILES string of the molecule is N#Cc1ccc(CN2CCC3(CC2)CC(NC(=O)C2CC2)CCO3)cc1. The maximum Gasteiger partial charge on any atom is 0.223 e. The van der Waals surface area contributed by atoms with E-state index in [1.54, 1.807) is 0 Å². The predicted molar refractivity (Wildman–Crippen MR) is 98.2 cm³/mol. The number of piperidine rings is 1. The van der Waals surface area contributed by atoms with Gasteiger partial charge in [0.1, 0.15) is 0 Å². The van der Waals surface area contributed by atoms with Gasteiger partial charge < -0.3 is 10.1 Å². The molecule has 0 bridgehead atoms. The minimum absolute atomic E-state index is 0.0546. The van der Waals surface area contributed by atoms with Crippen molar-refractivity contribution in [3.63, 3.8) is 0 Å². The third-order valence-corrected chi connectivity index (χ3v) is 6.04. The summed E-state index contributed by atoms with van der Waals surface area (Å²) in [5.74, 6) is 0.536. The molecule has 1 N–H and O–H groups in total. The average Bonchev–Trinajstić information content (AvgIpc) is 3.50. The number of carbonyl (C=O) groups excluding carboxylic acids is 1. The summed E-state index contributed by atoms with van der Waals surface area (Å²) in [6.45, 7) is 3.71. The molecule has 1 aromatic carbocycles. The average molecular weight is 353 g/mol. The molecule has 2 heterocycles. The first-order valence-corrected chi connectivity index (χ1v) is 9.82. The van der Waals surface area contributed by atoms with Crippen molar-refractivity contribution in [1.82, 2.24) is 10.2 Å². The molecule has 5 nitrogen and oxygen atoms in total. The highest BCUT2D eigenvalue weighted by Crippen LogP contribution is 2.36. The first kappa shape index (κ1) is 17.5. The normalized spacial score (nSPS) is 25.6. The van der Waals surface area contributed by atoms with Crippen molar-refractivity contribution < 1.29 is 9.53 Å². The topological polar surface area (TPSA) is 65.4 Å². The van der Waals surface area contributed by atoms with Crippen LogP contribution in [0, 0.1) is 17.2 Å². The Balaban J connectivity index is 1.28. The molecule has 0 aromatic heterocycles. The lowest BCUT2D eigenvalue weighted by Crippen LogP contribution is -2.53. The zero-order valence-electron chi connectivity index (χ0n) is 15.2. The Bertz CT molecular complexity index is 682. The Morgan fingerprint density at radius 3 is 2.62 bits per heavy atom. The maximum atomic E-state index is 12.1. The summed E-state index contributed by atoms with van der Waals surface area (Å²) in [6.07, 6.45) is 6.07. The Labute approximate surface area is 155 Å². The molecule has 1 aromatic rings. The van der Waals surface area contributed by atoms with Gasteiger partial charge in [0.05, 0.1) is 17.2 Å². The summed E-state index contributed by atoms with van der Waals surface area (Å²) in [5.41, 5.74) is 1.90. The second kappa shape index (κ2) is 7.38. The Hall–Kier alpha value is -1.90. The Kier molecular flexibility index (Phi) is 4.97. The fourth-order valence-electron chi connectivity index (χ4n) is 4.23. The van der Waals surface area contributed by atoms with E-state index in [1.807, 2.05) is 24.3 Å². The monoisotopic (exact) mass is 353 g/mol. The highest BCUT2D eigenvalue weighted by molar-refractivity contribution is 5.81. The van der Waals surface area contributed by atoms with Crippen molar-refractivity contribution >= 4 is 5.91 Å². The molecule has 1 atom stereocenters. The smallest absolute Gasteiger partial charge is 0.223 e. The first-order chi connectivity index (χ1) is 12.7. The molecule has 1 spiro atoms. The number of ether oxygens (including phenoxy) is 1. The third-order valence-electron chi connectivity index (χ3n) is 6.04. The van der Waals surface area contributed by atoms with Crippen LogP contribution in [0.25, 0.3) is 0 Å². The summed E-state index contributed by atoms with van der Waals surface area (Å²) in [4.78, 5) is 14.5. The van der Waals surface area contributed by atoms with Crippen LogP contribution in [0.3, 0.4) is 0 Å². The van der Waals surface area contributed by atoms with E-state index in [0.29, 0.717) is 5.56 Å². The van der Waals surface area contributed by atoms with E-state index < -0.39 is 0 Å². The lowest BCUT2D eigenvalue weighted by molar-refractivity contribution is -0.132. The van der Waals surface area contributed by atoms with Gasteiger partial charge >= 0.3 is 0 Å². The highest BCUT2D eigenvalue weighted by atomic mass is 16.5. The van der Waals surface area contributed by atoms with E-state index in [0.717, 1.165) is 64.8 Å². The number of nitrogens with one attached hydrogen (secondary N) is 1. The van der Waals surface area contributed by atoms with E-state index in [1.165, 1.54) is 5.56 Å². The Morgan fingerprint density at radius 2 is 1.96 bits per heavy atom. The Morgan fingerprint density at radius 1 is 1.23 bits per heavy atom. The zero-order chi connectivity index (χ0) is 18.0. The molecular formula is C21H27N3O2. The summed E-state index contributed by atoms with van der Waals surface area (Å²) in [7, 11) is 0. The number of carbonyl (C=O) groups is 1. The van der Waals surface area contributed by atoms with Crippen molar-refractivity contribution in [3.8, 4) is 6.07 Å².